The molecule has 0 aliphatic heterocycles. The monoisotopic (exact) mass is 870 g/mol. The van der Waals surface area contributed by atoms with Gasteiger partial charge < -0.3 is 19.4 Å². The Bertz CT molecular complexity index is 1090. The Morgan fingerprint density at radius 2 is 0.983 bits per heavy atom. The summed E-state index contributed by atoms with van der Waals surface area (Å²) in [6.07, 6.45) is 44.5. The van der Waals surface area contributed by atoms with Crippen LogP contribution in [0, 0.1) is 0 Å². The van der Waals surface area contributed by atoms with Crippen LogP contribution >= 0.6 is 7.82 Å². The molecule has 0 spiro atoms. The third-order valence-electron chi connectivity index (χ3n) is 11.1. The van der Waals surface area contributed by atoms with Crippen molar-refractivity contribution >= 4 is 19.7 Å². The Labute approximate surface area is 371 Å². The van der Waals surface area contributed by atoms with Crippen molar-refractivity contribution in [1.82, 2.24) is 5.32 Å². The molecule has 1 amide bonds. The summed E-state index contributed by atoms with van der Waals surface area (Å²) in [5.74, 6) is -0.513. The molecular formula is C50H98N2O7P+. The third-order valence-corrected chi connectivity index (χ3v) is 12.1. The van der Waals surface area contributed by atoms with Crippen LogP contribution in [0.15, 0.2) is 24.3 Å². The number of unbranched alkanes of at least 4 members (excludes halogenated alkanes) is 27. The fourth-order valence-electron chi connectivity index (χ4n) is 7.15. The van der Waals surface area contributed by atoms with Gasteiger partial charge in [0.15, 0.2) is 0 Å². The Hall–Kier alpha value is -1.51. The fourth-order valence-corrected chi connectivity index (χ4v) is 7.89. The molecule has 3 atom stereocenters. The van der Waals surface area contributed by atoms with Crippen LogP contribution in [0.5, 0.6) is 0 Å². The van der Waals surface area contributed by atoms with Crippen molar-refractivity contribution in [1.29, 1.82) is 0 Å². The van der Waals surface area contributed by atoms with Gasteiger partial charge in [0.05, 0.1) is 33.8 Å². The van der Waals surface area contributed by atoms with Gasteiger partial charge in [0.2, 0.25) is 5.91 Å². The molecule has 0 fully saturated rings. The molecule has 0 saturated heterocycles. The number of phosphoric ester groups is 1. The van der Waals surface area contributed by atoms with Crippen molar-refractivity contribution in [3.8, 4) is 0 Å². The zero-order valence-corrected chi connectivity index (χ0v) is 41.1. The lowest BCUT2D eigenvalue weighted by atomic mass is 10.0. The van der Waals surface area contributed by atoms with Crippen LogP contribution in [0.25, 0.3) is 0 Å². The number of carbonyl (C=O) groups is 2. The Morgan fingerprint density at radius 3 is 1.47 bits per heavy atom. The van der Waals surface area contributed by atoms with Crippen molar-refractivity contribution in [2.24, 2.45) is 0 Å². The maximum absolute atomic E-state index is 13.4. The van der Waals surface area contributed by atoms with E-state index in [0.717, 1.165) is 83.5 Å². The van der Waals surface area contributed by atoms with E-state index in [9.17, 15) is 19.0 Å². The maximum atomic E-state index is 13.4. The summed E-state index contributed by atoms with van der Waals surface area (Å²) >= 11 is 0. The largest absolute Gasteiger partial charge is 0.472 e. The van der Waals surface area contributed by atoms with E-state index in [1.807, 2.05) is 33.3 Å². The summed E-state index contributed by atoms with van der Waals surface area (Å²) in [6.45, 7) is 6.95. The summed E-state index contributed by atoms with van der Waals surface area (Å²) in [5, 5.41) is 3.02. The number of ether oxygens (including phenoxy) is 1. The topological polar surface area (TPSA) is 111 Å². The Morgan fingerprint density at radius 1 is 0.567 bits per heavy atom. The molecule has 0 aliphatic rings. The number of allylic oxidation sites excluding steroid dienone is 3. The predicted octanol–water partition coefficient (Wildman–Crippen LogP) is 14.3. The lowest BCUT2D eigenvalue weighted by molar-refractivity contribution is -0.870. The number of rotatable bonds is 45. The van der Waals surface area contributed by atoms with Gasteiger partial charge in [0, 0.05) is 12.8 Å². The number of hydrogen-bond donors (Lipinski definition) is 2. The van der Waals surface area contributed by atoms with Gasteiger partial charge in [-0.2, -0.15) is 0 Å². The first-order valence-corrected chi connectivity index (χ1v) is 26.7. The average Bonchev–Trinajstić information content (AvgIpc) is 3.20. The number of likely N-dealkylation sites (N-methyl/N-ethyl adjacent to an activating group) is 1. The highest BCUT2D eigenvalue weighted by atomic mass is 31.2. The van der Waals surface area contributed by atoms with Gasteiger partial charge >= 0.3 is 13.8 Å². The standard InChI is InChI=1S/C50H97N2O7P/c1-7-10-13-16-19-22-25-28-29-32-35-38-41-48(59-50(54)43-40-37-34-31-27-24-21-18-15-12-9-3)47(46-58-60(55,56)57-45-44-52(4,5)6)51-49(53)42-39-36-33-30-26-23-20-17-14-11-8-2/h17,20,38,41,47-48H,7-16,18-19,21-37,39-40,42-46H2,1-6H3,(H-,51,53,55,56)/p+1/b20-17-,41-38+. The number of nitrogens with one attached hydrogen (secondary N) is 1. The van der Waals surface area contributed by atoms with E-state index in [0.29, 0.717) is 23.9 Å². The molecule has 0 bridgehead atoms. The summed E-state index contributed by atoms with van der Waals surface area (Å²) in [5.41, 5.74) is 0. The summed E-state index contributed by atoms with van der Waals surface area (Å²) in [7, 11) is 1.50. The van der Waals surface area contributed by atoms with E-state index in [1.165, 1.54) is 116 Å². The number of esters is 1. The summed E-state index contributed by atoms with van der Waals surface area (Å²) in [6, 6.07) is -0.843. The minimum atomic E-state index is -4.43. The molecule has 60 heavy (non-hydrogen) atoms. The minimum Gasteiger partial charge on any atom is -0.456 e. The first-order chi connectivity index (χ1) is 28.9. The van der Waals surface area contributed by atoms with Gasteiger partial charge in [-0.1, -0.05) is 193 Å². The molecule has 0 radical (unpaired) electrons. The van der Waals surface area contributed by atoms with Crippen molar-refractivity contribution < 1.29 is 37.3 Å². The molecule has 0 rings (SSSR count). The van der Waals surface area contributed by atoms with E-state index in [4.69, 9.17) is 13.8 Å². The summed E-state index contributed by atoms with van der Waals surface area (Å²) < 4.78 is 30.4. The number of amides is 1. The Kier molecular flexibility index (Phi) is 40.5. The van der Waals surface area contributed by atoms with Crippen LogP contribution in [-0.4, -0.2) is 74.3 Å². The minimum absolute atomic E-state index is 0.0413. The van der Waals surface area contributed by atoms with Crippen LogP contribution < -0.4 is 5.32 Å². The van der Waals surface area contributed by atoms with E-state index in [1.54, 1.807) is 0 Å². The normalized spacial score (nSPS) is 14.2. The second kappa shape index (κ2) is 41.5. The van der Waals surface area contributed by atoms with Crippen LogP contribution in [0.2, 0.25) is 0 Å². The van der Waals surface area contributed by atoms with Crippen molar-refractivity contribution in [2.45, 2.75) is 245 Å². The molecule has 2 N–H and O–H groups in total. The van der Waals surface area contributed by atoms with Crippen LogP contribution in [0.4, 0.5) is 0 Å². The molecule has 9 nitrogen and oxygen atoms in total. The van der Waals surface area contributed by atoms with Crippen LogP contribution in [-0.2, 0) is 27.9 Å². The van der Waals surface area contributed by atoms with Gasteiger partial charge in [-0.05, 0) is 51.0 Å². The molecule has 0 heterocycles. The molecule has 0 aromatic heterocycles. The number of carbonyl (C=O) groups excluding carboxylic acids is 2. The van der Waals surface area contributed by atoms with Gasteiger partial charge in [0.1, 0.15) is 19.3 Å². The van der Waals surface area contributed by atoms with E-state index in [-0.39, 0.29) is 25.1 Å². The predicted molar refractivity (Wildman–Crippen MR) is 254 cm³/mol. The van der Waals surface area contributed by atoms with Crippen molar-refractivity contribution in [3.63, 3.8) is 0 Å². The van der Waals surface area contributed by atoms with E-state index in [2.05, 4.69) is 38.2 Å². The van der Waals surface area contributed by atoms with Crippen LogP contribution in [0.1, 0.15) is 233 Å². The quantitative estimate of drug-likeness (QED) is 0.0206. The number of quaternary nitrogens is 1. The lowest BCUT2D eigenvalue weighted by Crippen LogP contribution is -2.47. The second-order valence-electron chi connectivity index (χ2n) is 18.3. The lowest BCUT2D eigenvalue weighted by Gasteiger charge is -2.27. The molecule has 10 heteroatoms. The van der Waals surface area contributed by atoms with Crippen molar-refractivity contribution in [2.75, 3.05) is 40.9 Å². The highest BCUT2D eigenvalue weighted by Crippen LogP contribution is 2.43. The maximum Gasteiger partial charge on any atom is 0.472 e. The number of nitrogens with zero attached hydrogens (tertiary/aromatic N) is 1. The highest BCUT2D eigenvalue weighted by molar-refractivity contribution is 7.47. The smallest absolute Gasteiger partial charge is 0.456 e. The van der Waals surface area contributed by atoms with Gasteiger partial charge in [0.25, 0.3) is 0 Å². The molecular weight excluding hydrogens is 772 g/mol. The summed E-state index contributed by atoms with van der Waals surface area (Å²) in [4.78, 5) is 37.3. The van der Waals surface area contributed by atoms with Gasteiger partial charge in [-0.3, -0.25) is 18.6 Å². The van der Waals surface area contributed by atoms with E-state index < -0.39 is 20.0 Å². The van der Waals surface area contributed by atoms with Crippen molar-refractivity contribution in [3.05, 3.63) is 24.3 Å². The third kappa shape index (κ3) is 41.8. The molecule has 354 valence electrons. The number of phosphoric acid groups is 1. The Balaban J connectivity index is 5.47. The second-order valence-corrected chi connectivity index (χ2v) is 19.8. The molecule has 0 saturated carbocycles. The average molecular weight is 870 g/mol. The first-order valence-electron chi connectivity index (χ1n) is 25.2. The zero-order chi connectivity index (χ0) is 44.4. The van der Waals surface area contributed by atoms with Crippen LogP contribution in [0.3, 0.4) is 0 Å². The molecule has 0 aliphatic carbocycles. The van der Waals surface area contributed by atoms with E-state index >= 15 is 0 Å². The fraction of sp³-hybridized carbons (Fsp3) is 0.880. The zero-order valence-electron chi connectivity index (χ0n) is 40.2. The molecule has 0 aromatic rings. The number of hydrogen-bond acceptors (Lipinski definition) is 6. The molecule has 0 aromatic carbocycles. The SMILES string of the molecule is CCCC/C=C\CCCCCCCC(=O)NC(COP(=O)(O)OCC[N+](C)(C)C)C(/C=C/CCCCCCCCCCCC)OC(=O)CCCCCCCCCCCCC. The molecule has 3 unspecified atom stereocenters. The highest BCUT2D eigenvalue weighted by Gasteiger charge is 2.30. The van der Waals surface area contributed by atoms with Gasteiger partial charge in [-0.15, -0.1) is 0 Å². The van der Waals surface area contributed by atoms with Gasteiger partial charge in [-0.25, -0.2) is 4.57 Å². The first kappa shape index (κ1) is 58.5.